The van der Waals surface area contributed by atoms with E-state index in [1.807, 2.05) is 0 Å². The van der Waals surface area contributed by atoms with Crippen molar-refractivity contribution in [3.63, 3.8) is 0 Å². The maximum Gasteiger partial charge on any atom is 2.00 e. The number of rotatable bonds is 0. The summed E-state index contributed by atoms with van der Waals surface area (Å²) in [7, 11) is 0. The summed E-state index contributed by atoms with van der Waals surface area (Å²) < 4.78 is 0. The Morgan fingerprint density at radius 2 is 0.0833 bits per heavy atom. The molecule has 0 heterocycles. The molecule has 0 spiro atoms. The molecule has 32 radical (unpaired) electrons. The first-order chi connectivity index (χ1) is 27.7. The Bertz CT molecular complexity index is 872. The van der Waals surface area contributed by atoms with E-state index in [0.29, 0.717) is 0 Å². The van der Waals surface area contributed by atoms with Gasteiger partial charge in [0.25, 0.3) is 0 Å². The minimum absolute atomic E-state index is 0. The van der Waals surface area contributed by atoms with Crippen LogP contribution in [-0.4, -0.2) is 606 Å². The molecule has 0 saturated carbocycles. The smallest absolute Gasteiger partial charge is 0.870 e. The van der Waals surface area contributed by atoms with Crippen LogP contribution in [0.4, 0.5) is 0 Å². The van der Waals surface area contributed by atoms with Crippen LogP contribution in [0, 0.1) is 245 Å². The van der Waals surface area contributed by atoms with E-state index in [2.05, 4.69) is 0 Å². The van der Waals surface area contributed by atoms with Gasteiger partial charge in [-0.1, -0.05) is 0 Å². The minimum Gasteiger partial charge on any atom is -0.870 e. The van der Waals surface area contributed by atoms with Crippen LogP contribution in [0.1, 0.15) is 0 Å². The zero-order valence-electron chi connectivity index (χ0n) is 41.9. The fourth-order valence-electron chi connectivity index (χ4n) is 0. The van der Waals surface area contributed by atoms with Gasteiger partial charge in [0.15, 0.2) is 0 Å². The van der Waals surface area contributed by atoms with Crippen LogP contribution in [-0.2, 0) is 0 Å². The largest absolute Gasteiger partial charge is 2.00 e. The van der Waals surface area contributed by atoms with Crippen molar-refractivity contribution in [3.05, 3.63) is 245 Å². The van der Waals surface area contributed by atoms with Gasteiger partial charge in [0.1, 0.15) is 0 Å². The summed E-state index contributed by atoms with van der Waals surface area (Å²) in [6.45, 7) is 0. The Labute approximate surface area is 836 Å². The minimum atomic E-state index is -1.75. The van der Waals surface area contributed by atoms with Crippen molar-refractivity contribution in [1.82, 2.24) is 0 Å². The van der Waals surface area contributed by atoms with Gasteiger partial charge < -0.3 is 333 Å². The van der Waals surface area contributed by atoms with Gasteiger partial charge in [0, 0.05) is 0 Å². The van der Waals surface area contributed by atoms with E-state index < -0.39 is 81.4 Å². The third-order valence-corrected chi connectivity index (χ3v) is 0. The summed E-state index contributed by atoms with van der Waals surface area (Å²) in [5, 5.41) is 236. The van der Waals surface area contributed by atoms with Crippen molar-refractivity contribution >= 4 is 437 Å². The summed E-state index contributed by atoms with van der Waals surface area (Å²) in [6, 6.07) is 0. The Morgan fingerprint density at radius 1 is 0.0833 bits per heavy atom. The van der Waals surface area contributed by atoms with E-state index in [-0.39, 0.29) is 524 Å². The second kappa shape index (κ2) is 360. The molecule has 0 saturated heterocycles. The first-order valence-electron chi connectivity index (χ1n) is 8.76. The van der Waals surface area contributed by atoms with Gasteiger partial charge in [0.05, 0.1) is 81.4 Å². The first kappa shape index (κ1) is 371. The van der Waals surface area contributed by atoms with Gasteiger partial charge in [-0.2, -0.15) is 0 Å². The van der Waals surface area contributed by atoms with Crippen molar-refractivity contribution in [2.45, 2.75) is 0 Å². The topological polar surface area (TPSA) is 1540 Å². The van der Waals surface area contributed by atoms with Crippen LogP contribution < -0.4 is 0 Å². The van der Waals surface area contributed by atoms with Gasteiger partial charge in [-0.3, -0.25) is 0 Å². The van der Waals surface area contributed by atoms with E-state index in [0.717, 1.165) is 0 Å². The zero-order valence-corrected chi connectivity index (χ0v) is 104. The Hall–Kier alpha value is 1.31. The molecule has 544 valence electrons. The van der Waals surface area contributed by atoms with Crippen molar-refractivity contribution in [2.75, 3.05) is 0 Å². The third-order valence-electron chi connectivity index (χ3n) is 0. The average molecular weight is 4580 g/mol. The molecule has 96 heteroatoms. The van der Waals surface area contributed by atoms with Crippen molar-refractivity contribution < 1.29 is 169 Å². The molecule has 0 aromatic heterocycles. The normalized spacial score (nSPS) is 4.00. The zero-order chi connectivity index (χ0) is 57.2. The summed E-state index contributed by atoms with van der Waals surface area (Å²) >= 11 is 0. The number of nitrogens with zero attached hydrogens (tertiary/aromatic N) is 16. The van der Waals surface area contributed by atoms with Crippen LogP contribution in [0.2, 0.25) is 0 Å². The SMILES string of the molecule is O=[N+]([O-])[O-].O=[N+]([O-])[O-].O=[N+]([O-])[O-].O=[N+]([O-])[O-].O=[N+]([O-])[O-].O=[N+]([O-])[O-].O=[N+]([O-])[O-].O=[N+]([O-])[O-].O=[N+]([O-])[O-].O=[N+]([O-])[O-].O=[N+]([O-])[O-].O=[N+]([O-])[O-].O=[N+]([O-])[O-].O=[N+]([O-])[O-].O=[N+]([O-])[O-].O=[N+]([O-])[O-].[OH-].[OH-].[OH-].[OH-].[OH-].[OH-].[OH-].[OH-].[OH-].[OH-].[OH-].[OH-].[OH-].[OH-].[OH-].[OH-].[Pb+2].[Pb+2].[Pb+2].[Pb+2].[Pb+2].[Pb+2].[Pb+2].[Pb+2].[Pb+2].[Pb+2].[Pb+2].[Pb+2].[Pb+2].[Pb+2].[Pb+2].[Pb+2]. The number of hydrogen-bond donors (Lipinski definition) is 0. The second-order valence-electron chi connectivity index (χ2n) is 3.58. The molecule has 0 aliphatic rings. The Morgan fingerprint density at radius 3 is 0.0833 bits per heavy atom. The van der Waals surface area contributed by atoms with Crippen molar-refractivity contribution in [2.24, 2.45) is 0 Å². The molecule has 0 atom stereocenters. The molecule has 0 rings (SSSR count). The molecule has 96 heavy (non-hydrogen) atoms. The quantitative estimate of drug-likeness (QED) is 0.123. The van der Waals surface area contributed by atoms with Crippen LogP contribution in [0.5, 0.6) is 0 Å². The van der Waals surface area contributed by atoms with E-state index in [1.165, 1.54) is 0 Å². The molecule has 0 aliphatic heterocycles. The van der Waals surface area contributed by atoms with Gasteiger partial charge in [-0.15, -0.1) is 0 Å². The summed E-state index contributed by atoms with van der Waals surface area (Å²) in [5.74, 6) is 0. The predicted octanol–water partition coefficient (Wildman–Crippen LogP) is -12.7. The fraction of sp³-hybridized carbons (Fsp3) is 0. The Balaban J connectivity index is -0.00000000544. The van der Waals surface area contributed by atoms with E-state index in [1.54, 1.807) is 0 Å². The molecule has 0 fully saturated rings. The monoisotopic (exact) mass is 4590 g/mol. The summed E-state index contributed by atoms with van der Waals surface area (Å²) in [5.41, 5.74) is 0. The molecule has 0 amide bonds. The summed E-state index contributed by atoms with van der Waals surface area (Å²) in [4.78, 5) is 132. The molecule has 80 nitrogen and oxygen atoms in total. The van der Waals surface area contributed by atoms with Crippen LogP contribution in [0.15, 0.2) is 0 Å². The fourth-order valence-corrected chi connectivity index (χ4v) is 0. The molecular weight excluding hydrogens is 4560 g/mol. The van der Waals surface area contributed by atoms with Crippen molar-refractivity contribution in [3.8, 4) is 0 Å². The van der Waals surface area contributed by atoms with Crippen molar-refractivity contribution in [1.29, 1.82) is 0 Å². The Kier molecular flexibility index (Phi) is 1390. The van der Waals surface area contributed by atoms with Gasteiger partial charge in [-0.25, -0.2) is 0 Å². The molecular formula is H16N16O64Pb16. The number of hydrogen-bond acceptors (Lipinski definition) is 64. The van der Waals surface area contributed by atoms with Crippen LogP contribution in [0.25, 0.3) is 0 Å². The van der Waals surface area contributed by atoms with E-state index in [9.17, 15) is 0 Å². The third kappa shape index (κ3) is 492000. The maximum atomic E-state index is 8.25. The first-order valence-corrected chi connectivity index (χ1v) is 8.76. The molecule has 16 N–H and O–H groups in total. The maximum absolute atomic E-state index is 8.25. The van der Waals surface area contributed by atoms with E-state index >= 15 is 0 Å². The van der Waals surface area contributed by atoms with Gasteiger partial charge >= 0.3 is 437 Å². The predicted molar refractivity (Wildman–Crippen MR) is 289 cm³/mol. The molecule has 0 aromatic carbocycles. The molecule has 0 aromatic rings. The van der Waals surface area contributed by atoms with Gasteiger partial charge in [-0.05, 0) is 0 Å². The average Bonchev–Trinajstić information content (AvgIpc) is 2.83. The molecule has 0 aliphatic carbocycles. The molecule has 0 unspecified atom stereocenters. The van der Waals surface area contributed by atoms with Crippen LogP contribution in [0.3, 0.4) is 0 Å². The standard InChI is InChI=1S/16NO3.16H2O.16Pb/c16*2-1(3)4;;;;;;;;;;;;;;;;;;;;;;;;;;;;;;;;/h;;;;;;;;;;;;;;;;16*1H2;;;;;;;;;;;;;;;;/q16*-1;;;;;;;;;;;;;;;;;16*+2/p-16. The van der Waals surface area contributed by atoms with Crippen LogP contribution >= 0.6 is 0 Å². The molecule has 0 bridgehead atoms. The van der Waals surface area contributed by atoms with Gasteiger partial charge in [0.2, 0.25) is 0 Å². The summed E-state index contributed by atoms with van der Waals surface area (Å²) in [6.07, 6.45) is 0. The second-order valence-corrected chi connectivity index (χ2v) is 3.58. The van der Waals surface area contributed by atoms with E-state index in [4.69, 9.17) is 245 Å².